The van der Waals surface area contributed by atoms with E-state index in [1.807, 2.05) is 13.8 Å². The van der Waals surface area contributed by atoms with Crippen molar-refractivity contribution < 1.29 is 58.6 Å². The maximum atomic E-state index is 12.6. The third-order valence-electron chi connectivity index (χ3n) is 5.79. The minimum atomic E-state index is -4.56. The predicted octanol–water partition coefficient (Wildman–Crippen LogP) is 0.381. The van der Waals surface area contributed by atoms with Crippen molar-refractivity contribution in [2.75, 3.05) is 12.8 Å². The second-order valence-electron chi connectivity index (χ2n) is 8.88. The van der Waals surface area contributed by atoms with Crippen molar-refractivity contribution in [3.63, 3.8) is 0 Å². The highest BCUT2D eigenvalue weighted by Crippen LogP contribution is 2.46. The van der Waals surface area contributed by atoms with Gasteiger partial charge >= 0.3 is 19.5 Å². The van der Waals surface area contributed by atoms with Crippen molar-refractivity contribution in [2.24, 2.45) is 0 Å². The van der Waals surface area contributed by atoms with Crippen LogP contribution in [-0.2, 0) is 28.2 Å². The molecule has 1 aliphatic carbocycles. The van der Waals surface area contributed by atoms with Gasteiger partial charge in [0.15, 0.2) is 0 Å². The van der Waals surface area contributed by atoms with Crippen LogP contribution in [0.5, 0.6) is 0 Å². The molecule has 0 aromatic heterocycles. The van der Waals surface area contributed by atoms with Crippen molar-refractivity contribution in [1.29, 1.82) is 0 Å². The van der Waals surface area contributed by atoms with Gasteiger partial charge in [0.2, 0.25) is 0 Å². The monoisotopic (exact) mass is 528 g/mol. The van der Waals surface area contributed by atoms with Crippen molar-refractivity contribution in [2.45, 2.75) is 114 Å². The average Bonchev–Trinajstić information content (AvgIpc) is 2.81. The highest BCUT2D eigenvalue weighted by Gasteiger charge is 2.51. The Morgan fingerprint density at radius 2 is 1.29 bits per heavy atom. The number of carbonyl (C=O) groups excluding carboxylic acids is 2. The summed E-state index contributed by atoms with van der Waals surface area (Å²) in [7, 11) is -4.56. The molecule has 0 saturated heterocycles. The average molecular weight is 529 g/mol. The lowest BCUT2D eigenvalue weighted by Crippen LogP contribution is -2.64. The van der Waals surface area contributed by atoms with E-state index in [1.165, 1.54) is 0 Å². The van der Waals surface area contributed by atoms with Crippen LogP contribution in [0.2, 0.25) is 0 Å². The number of ether oxygens (including phenoxy) is 2. The van der Waals surface area contributed by atoms with E-state index in [2.05, 4.69) is 0 Å². The molecular formula is C22H41O12P. The van der Waals surface area contributed by atoms with Crippen LogP contribution in [0.25, 0.3) is 0 Å². The molecule has 0 heterocycles. The van der Waals surface area contributed by atoms with Gasteiger partial charge in [-0.3, -0.25) is 18.7 Å². The summed E-state index contributed by atoms with van der Waals surface area (Å²) in [5.74, 6) is -1.03. The Hall–Kier alpha value is -1.11. The fraction of sp³-hybridized carbons (Fsp3) is 0.909. The Bertz CT molecular complexity index is 673. The Morgan fingerprint density at radius 3 is 1.80 bits per heavy atom. The van der Waals surface area contributed by atoms with Gasteiger partial charge in [-0.15, -0.1) is 0 Å². The molecule has 13 heteroatoms. The maximum Gasteiger partial charge on any atom is 0.328 e. The lowest BCUT2D eigenvalue weighted by molar-refractivity contribution is -0.218. The fourth-order valence-corrected chi connectivity index (χ4v) is 4.94. The smallest absolute Gasteiger partial charge is 0.328 e. The largest absolute Gasteiger partial charge is 0.462 e. The summed E-state index contributed by atoms with van der Waals surface area (Å²) >= 11 is 0. The molecule has 4 unspecified atom stereocenters. The standard InChI is InChI=1S/C22H41O12P/c1-3-5-7-9-15(23)32-13-14(33-16(24)10-8-6-4-2)11-12-35(30,31)34-22-20(28)18(26)17(25)19(27)21(22)29/h14,17-22,25-29H,3-13H2,1-2H3,(H,30,31)/t14?,17?,18-,19+,20-,21-,22?/m0/s1. The topological polar surface area (TPSA) is 200 Å². The summed E-state index contributed by atoms with van der Waals surface area (Å²) in [6, 6.07) is 0. The molecule has 0 bridgehead atoms. The lowest BCUT2D eigenvalue weighted by atomic mass is 9.85. The van der Waals surface area contributed by atoms with Crippen LogP contribution in [0.15, 0.2) is 0 Å². The van der Waals surface area contributed by atoms with Crippen LogP contribution in [0.1, 0.15) is 71.6 Å². The highest BCUT2D eigenvalue weighted by molar-refractivity contribution is 7.52. The molecular weight excluding hydrogens is 487 g/mol. The summed E-state index contributed by atoms with van der Waals surface area (Å²) in [6.45, 7) is 3.65. The molecule has 0 radical (unpaired) electrons. The van der Waals surface area contributed by atoms with Gasteiger partial charge in [0, 0.05) is 12.8 Å². The van der Waals surface area contributed by atoms with Gasteiger partial charge < -0.3 is 39.9 Å². The maximum absolute atomic E-state index is 12.6. The van der Waals surface area contributed by atoms with Crippen LogP contribution >= 0.6 is 7.60 Å². The highest BCUT2D eigenvalue weighted by atomic mass is 31.2. The molecule has 8 atom stereocenters. The second-order valence-corrected chi connectivity index (χ2v) is 10.8. The Kier molecular flexibility index (Phi) is 14.5. The molecule has 0 aromatic rings. The number of aliphatic hydroxyl groups excluding tert-OH is 5. The molecule has 35 heavy (non-hydrogen) atoms. The zero-order valence-corrected chi connectivity index (χ0v) is 21.3. The Labute approximate surface area is 205 Å². The van der Waals surface area contributed by atoms with E-state index in [0.717, 1.165) is 25.7 Å². The first-order valence-corrected chi connectivity index (χ1v) is 13.9. The first-order chi connectivity index (χ1) is 16.4. The molecule has 1 saturated carbocycles. The van der Waals surface area contributed by atoms with Crippen LogP contribution in [0, 0.1) is 0 Å². The molecule has 6 N–H and O–H groups in total. The summed E-state index contributed by atoms with van der Waals surface area (Å²) in [5.41, 5.74) is 0. The number of unbranched alkanes of at least 4 members (excludes halogenated alkanes) is 4. The first-order valence-electron chi connectivity index (χ1n) is 12.2. The molecule has 1 rings (SSSR count). The van der Waals surface area contributed by atoms with Gasteiger partial charge in [0.05, 0.1) is 6.16 Å². The predicted molar refractivity (Wildman–Crippen MR) is 123 cm³/mol. The number of carbonyl (C=O) groups is 2. The first kappa shape index (κ1) is 31.9. The van der Waals surface area contributed by atoms with Crippen LogP contribution in [0.3, 0.4) is 0 Å². The number of aliphatic hydroxyl groups is 5. The Morgan fingerprint density at radius 1 is 0.800 bits per heavy atom. The van der Waals surface area contributed by atoms with Crippen LogP contribution in [0.4, 0.5) is 0 Å². The number of rotatable bonds is 16. The van der Waals surface area contributed by atoms with Crippen LogP contribution < -0.4 is 0 Å². The minimum Gasteiger partial charge on any atom is -0.462 e. The normalized spacial score (nSPS) is 29.3. The molecule has 206 valence electrons. The van der Waals surface area contributed by atoms with E-state index in [9.17, 15) is 44.6 Å². The lowest BCUT2D eigenvalue weighted by Gasteiger charge is -2.41. The zero-order valence-electron chi connectivity index (χ0n) is 20.4. The SMILES string of the molecule is CCCCCC(=O)OCC(CCP(=O)(O)OC1[C@@H](O)[C@H](O)C(O)[C@H](O)[C@@H]1O)OC(=O)CCCCC. The van der Waals surface area contributed by atoms with Gasteiger partial charge in [0.1, 0.15) is 49.3 Å². The second kappa shape index (κ2) is 15.9. The summed E-state index contributed by atoms with van der Waals surface area (Å²) in [5, 5.41) is 49.2. The van der Waals surface area contributed by atoms with Gasteiger partial charge in [0.25, 0.3) is 0 Å². The summed E-state index contributed by atoms with van der Waals surface area (Å²) in [4.78, 5) is 34.3. The number of esters is 2. The third-order valence-corrected chi connectivity index (χ3v) is 7.19. The molecule has 0 aromatic carbocycles. The molecule has 1 aliphatic rings. The molecule has 12 nitrogen and oxygen atoms in total. The third kappa shape index (κ3) is 11.2. The minimum absolute atomic E-state index is 0.140. The van der Waals surface area contributed by atoms with E-state index < -0.39 is 68.4 Å². The number of hydrogen-bond donors (Lipinski definition) is 6. The van der Waals surface area contributed by atoms with Crippen LogP contribution in [-0.4, -0.2) is 97.9 Å². The van der Waals surface area contributed by atoms with Gasteiger partial charge in [-0.05, 0) is 19.3 Å². The fourth-order valence-electron chi connectivity index (χ4n) is 3.59. The summed E-state index contributed by atoms with van der Waals surface area (Å²) < 4.78 is 28.1. The number of hydrogen-bond acceptors (Lipinski definition) is 11. The van der Waals surface area contributed by atoms with Crippen molar-refractivity contribution in [3.8, 4) is 0 Å². The van der Waals surface area contributed by atoms with E-state index in [-0.39, 0.29) is 25.9 Å². The van der Waals surface area contributed by atoms with Gasteiger partial charge in [-0.1, -0.05) is 39.5 Å². The van der Waals surface area contributed by atoms with E-state index in [1.54, 1.807) is 0 Å². The van der Waals surface area contributed by atoms with E-state index in [0.29, 0.717) is 12.8 Å². The molecule has 0 spiro atoms. The molecule has 1 fully saturated rings. The van der Waals surface area contributed by atoms with Crippen molar-refractivity contribution >= 4 is 19.5 Å². The Balaban J connectivity index is 2.74. The van der Waals surface area contributed by atoms with Crippen molar-refractivity contribution in [1.82, 2.24) is 0 Å². The summed E-state index contributed by atoms with van der Waals surface area (Å²) in [6.07, 6.45) is -8.21. The van der Waals surface area contributed by atoms with E-state index >= 15 is 0 Å². The van der Waals surface area contributed by atoms with Crippen molar-refractivity contribution in [3.05, 3.63) is 0 Å². The van der Waals surface area contributed by atoms with Gasteiger partial charge in [-0.25, -0.2) is 0 Å². The van der Waals surface area contributed by atoms with Gasteiger partial charge in [-0.2, -0.15) is 0 Å². The molecule has 0 amide bonds. The van der Waals surface area contributed by atoms with E-state index in [4.69, 9.17) is 14.0 Å². The zero-order chi connectivity index (χ0) is 26.6. The quantitative estimate of drug-likeness (QED) is 0.0915. The molecule has 0 aliphatic heterocycles.